The van der Waals surface area contributed by atoms with Gasteiger partial charge in [-0.1, -0.05) is 6.42 Å². The Balaban J connectivity index is 0.00000324. The summed E-state index contributed by atoms with van der Waals surface area (Å²) in [6.07, 6.45) is 5.18. The quantitative estimate of drug-likeness (QED) is 0.447. The molecular weight excluding hydrogens is 351 g/mol. The molecule has 0 aromatic heterocycles. The predicted octanol–water partition coefficient (Wildman–Crippen LogP) is 2.57. The van der Waals surface area contributed by atoms with Crippen molar-refractivity contribution in [1.29, 1.82) is 0 Å². The van der Waals surface area contributed by atoms with E-state index in [9.17, 15) is 0 Å². The van der Waals surface area contributed by atoms with Crippen LogP contribution in [0.5, 0.6) is 0 Å². The maximum Gasteiger partial charge on any atom is 0.188 e. The van der Waals surface area contributed by atoms with Crippen molar-refractivity contribution < 1.29 is 0 Å². The van der Waals surface area contributed by atoms with Crippen LogP contribution < -0.4 is 11.1 Å². The van der Waals surface area contributed by atoms with E-state index in [0.29, 0.717) is 12.0 Å². The lowest BCUT2D eigenvalue weighted by atomic mass is 10.1. The fourth-order valence-corrected chi connectivity index (χ4v) is 2.34. The molecule has 0 aromatic rings. The summed E-state index contributed by atoms with van der Waals surface area (Å²) < 4.78 is 0. The Morgan fingerprint density at radius 3 is 2.37 bits per heavy atom. The Morgan fingerprint density at radius 1 is 1.26 bits per heavy atom. The van der Waals surface area contributed by atoms with E-state index >= 15 is 0 Å². The van der Waals surface area contributed by atoms with Gasteiger partial charge in [-0.15, -0.1) is 24.0 Å². The third-order valence-corrected chi connectivity index (χ3v) is 3.35. The van der Waals surface area contributed by atoms with Gasteiger partial charge >= 0.3 is 0 Å². The van der Waals surface area contributed by atoms with E-state index in [-0.39, 0.29) is 29.5 Å². The normalized spacial score (nSPS) is 19.7. The number of halogens is 1. The van der Waals surface area contributed by atoms with Gasteiger partial charge in [0.05, 0.1) is 0 Å². The number of nitrogens with one attached hydrogen (secondary N) is 1. The molecule has 1 aliphatic heterocycles. The van der Waals surface area contributed by atoms with Crippen molar-refractivity contribution in [3.63, 3.8) is 0 Å². The molecule has 19 heavy (non-hydrogen) atoms. The van der Waals surface area contributed by atoms with Crippen molar-refractivity contribution in [3.05, 3.63) is 0 Å². The van der Waals surface area contributed by atoms with Gasteiger partial charge in [-0.2, -0.15) is 0 Å². The molecule has 1 saturated heterocycles. The van der Waals surface area contributed by atoms with Crippen LogP contribution in [0.1, 0.15) is 53.4 Å². The molecule has 0 aliphatic carbocycles. The molecule has 0 bridgehead atoms. The first kappa shape index (κ1) is 19.0. The minimum Gasteiger partial charge on any atom is -0.370 e. The number of aliphatic imine (C=N–C) groups is 1. The molecule has 1 aliphatic rings. The largest absolute Gasteiger partial charge is 0.370 e. The second-order valence-corrected chi connectivity index (χ2v) is 6.38. The van der Waals surface area contributed by atoms with E-state index in [1.807, 2.05) is 0 Å². The first-order valence-corrected chi connectivity index (χ1v) is 7.20. The minimum atomic E-state index is -0.00787. The molecule has 0 aromatic carbocycles. The summed E-state index contributed by atoms with van der Waals surface area (Å²) in [6.45, 7) is 11.9. The average Bonchev–Trinajstić information content (AvgIpc) is 2.27. The molecule has 1 unspecified atom stereocenters. The van der Waals surface area contributed by atoms with E-state index < -0.39 is 0 Å². The number of guanidine groups is 1. The molecule has 114 valence electrons. The van der Waals surface area contributed by atoms with E-state index in [1.54, 1.807) is 0 Å². The Kier molecular flexibility index (Phi) is 8.98. The van der Waals surface area contributed by atoms with E-state index in [2.05, 4.69) is 42.9 Å². The van der Waals surface area contributed by atoms with Crippen LogP contribution in [-0.4, -0.2) is 42.1 Å². The summed E-state index contributed by atoms with van der Waals surface area (Å²) in [5.74, 6) is 0.563. The highest BCUT2D eigenvalue weighted by atomic mass is 127. The number of hydrogen-bond donors (Lipinski definition) is 2. The number of nitrogens with two attached hydrogens (primary N) is 1. The van der Waals surface area contributed by atoms with Gasteiger partial charge in [-0.05, 0) is 60.0 Å². The van der Waals surface area contributed by atoms with Crippen LogP contribution in [0.4, 0.5) is 0 Å². The summed E-state index contributed by atoms with van der Waals surface area (Å²) >= 11 is 0. The zero-order valence-electron chi connectivity index (χ0n) is 12.9. The third kappa shape index (κ3) is 8.68. The van der Waals surface area contributed by atoms with Crippen molar-refractivity contribution in [1.82, 2.24) is 10.2 Å². The number of nitrogens with zero attached hydrogens (tertiary/aromatic N) is 2. The molecule has 0 saturated carbocycles. The molecule has 0 spiro atoms. The van der Waals surface area contributed by atoms with Crippen molar-refractivity contribution in [2.45, 2.75) is 65.0 Å². The number of piperidine rings is 1. The van der Waals surface area contributed by atoms with Crippen molar-refractivity contribution in [2.24, 2.45) is 10.7 Å². The fraction of sp³-hybridized carbons (Fsp3) is 0.929. The Morgan fingerprint density at radius 2 is 1.84 bits per heavy atom. The second-order valence-electron chi connectivity index (χ2n) is 6.38. The maximum atomic E-state index is 5.85. The molecule has 1 atom stereocenters. The van der Waals surface area contributed by atoms with Crippen LogP contribution in [0, 0.1) is 0 Å². The summed E-state index contributed by atoms with van der Waals surface area (Å²) in [4.78, 5) is 6.98. The van der Waals surface area contributed by atoms with Crippen molar-refractivity contribution in [2.75, 3.05) is 19.6 Å². The summed E-state index contributed by atoms with van der Waals surface area (Å²) in [6, 6.07) is 0.622. The lowest BCUT2D eigenvalue weighted by Gasteiger charge is -2.32. The van der Waals surface area contributed by atoms with Crippen LogP contribution >= 0.6 is 24.0 Å². The Bertz CT molecular complexity index is 267. The van der Waals surface area contributed by atoms with Gasteiger partial charge in [-0.3, -0.25) is 4.99 Å². The molecule has 3 N–H and O–H groups in total. The lowest BCUT2D eigenvalue weighted by molar-refractivity contribution is 0.168. The minimum absolute atomic E-state index is 0. The average molecular weight is 382 g/mol. The highest BCUT2D eigenvalue weighted by Crippen LogP contribution is 2.13. The monoisotopic (exact) mass is 382 g/mol. The first-order valence-electron chi connectivity index (χ1n) is 7.20. The molecule has 0 amide bonds. The van der Waals surface area contributed by atoms with Crippen LogP contribution in [0.3, 0.4) is 0 Å². The Labute approximate surface area is 135 Å². The molecule has 5 heteroatoms. The number of likely N-dealkylation sites (tertiary alicyclic amines) is 1. The van der Waals surface area contributed by atoms with Crippen molar-refractivity contribution >= 4 is 29.9 Å². The van der Waals surface area contributed by atoms with Crippen LogP contribution in [0.15, 0.2) is 4.99 Å². The van der Waals surface area contributed by atoms with Crippen LogP contribution in [0.2, 0.25) is 0 Å². The van der Waals surface area contributed by atoms with Gasteiger partial charge in [0.2, 0.25) is 0 Å². The smallest absolute Gasteiger partial charge is 0.188 e. The van der Waals surface area contributed by atoms with Gasteiger partial charge in [0.15, 0.2) is 5.96 Å². The zero-order chi connectivity index (χ0) is 13.6. The molecule has 4 nitrogen and oxygen atoms in total. The van der Waals surface area contributed by atoms with Gasteiger partial charge in [-0.25, -0.2) is 0 Å². The summed E-state index contributed by atoms with van der Waals surface area (Å²) in [5.41, 5.74) is 5.84. The highest BCUT2D eigenvalue weighted by Gasteiger charge is 2.16. The molecule has 1 rings (SSSR count). The van der Waals surface area contributed by atoms with Crippen molar-refractivity contribution in [3.8, 4) is 0 Å². The highest BCUT2D eigenvalue weighted by molar-refractivity contribution is 14.0. The first-order chi connectivity index (χ1) is 8.38. The SMILES string of the molecule is CC(CCN=C(N)NC(C)(C)C)N1CCCCC1.I. The standard InChI is InChI=1S/C14H30N4.HI/c1-12(18-10-6-5-7-11-18)8-9-16-13(15)17-14(2,3)4;/h12H,5-11H2,1-4H3,(H3,15,16,17);1H. The Hall–Kier alpha value is -0.0400. The summed E-state index contributed by atoms with van der Waals surface area (Å²) in [5, 5.41) is 3.19. The number of rotatable bonds is 4. The number of hydrogen-bond acceptors (Lipinski definition) is 2. The fourth-order valence-electron chi connectivity index (χ4n) is 2.34. The van der Waals surface area contributed by atoms with E-state index in [0.717, 1.165) is 13.0 Å². The second kappa shape index (κ2) is 9.00. The lowest BCUT2D eigenvalue weighted by Crippen LogP contribution is -2.45. The van der Waals surface area contributed by atoms with Gasteiger partial charge < -0.3 is 16.0 Å². The molecule has 1 heterocycles. The molecule has 0 radical (unpaired) electrons. The van der Waals surface area contributed by atoms with Crippen LogP contribution in [0.25, 0.3) is 0 Å². The molecular formula is C14H31IN4. The van der Waals surface area contributed by atoms with Gasteiger partial charge in [0.1, 0.15) is 0 Å². The topological polar surface area (TPSA) is 53.6 Å². The van der Waals surface area contributed by atoms with Crippen LogP contribution in [-0.2, 0) is 0 Å². The van der Waals surface area contributed by atoms with E-state index in [4.69, 9.17) is 5.73 Å². The van der Waals surface area contributed by atoms with Gasteiger partial charge in [0, 0.05) is 18.1 Å². The maximum absolute atomic E-state index is 5.85. The summed E-state index contributed by atoms with van der Waals surface area (Å²) in [7, 11) is 0. The third-order valence-electron chi connectivity index (χ3n) is 3.35. The zero-order valence-corrected chi connectivity index (χ0v) is 15.2. The van der Waals surface area contributed by atoms with E-state index in [1.165, 1.54) is 32.4 Å². The molecule has 1 fully saturated rings. The van der Waals surface area contributed by atoms with Gasteiger partial charge in [0.25, 0.3) is 0 Å². The predicted molar refractivity (Wildman–Crippen MR) is 94.3 cm³/mol.